The summed E-state index contributed by atoms with van der Waals surface area (Å²) in [5.74, 6) is -0.0709. The molecule has 0 atom stereocenters. The summed E-state index contributed by atoms with van der Waals surface area (Å²) in [7, 11) is 2.92. The van der Waals surface area contributed by atoms with E-state index in [1.807, 2.05) is 17.6 Å². The van der Waals surface area contributed by atoms with Crippen molar-refractivity contribution in [2.24, 2.45) is 0 Å². The molecule has 25 heavy (non-hydrogen) atoms. The number of carbonyl (C=O) groups excluding carboxylic acids is 1. The molecule has 2 heterocycles. The van der Waals surface area contributed by atoms with Crippen LogP contribution in [0.15, 0.2) is 36.5 Å². The molecule has 0 unspecified atom stereocenters. The van der Waals surface area contributed by atoms with E-state index in [1.165, 1.54) is 19.2 Å². The summed E-state index contributed by atoms with van der Waals surface area (Å²) in [4.78, 5) is 15.8. The van der Waals surface area contributed by atoms with Gasteiger partial charge in [0.05, 0.1) is 20.6 Å². The molecule has 5 nitrogen and oxygen atoms in total. The summed E-state index contributed by atoms with van der Waals surface area (Å²) in [6.07, 6.45) is 1.95. The van der Waals surface area contributed by atoms with Crippen molar-refractivity contribution in [2.45, 2.75) is 19.9 Å². The van der Waals surface area contributed by atoms with Crippen molar-refractivity contribution in [1.82, 2.24) is 9.55 Å². The maximum Gasteiger partial charge on any atom is 0.307 e. The minimum absolute atomic E-state index is 0.249. The van der Waals surface area contributed by atoms with Crippen LogP contribution in [0.1, 0.15) is 12.1 Å². The normalized spacial score (nSPS) is 10.9. The highest BCUT2D eigenvalue weighted by Gasteiger charge is 2.17. The predicted octanol–water partition coefficient (Wildman–Crippen LogP) is 3.72. The van der Waals surface area contributed by atoms with Crippen LogP contribution in [0.2, 0.25) is 0 Å². The lowest BCUT2D eigenvalue weighted by Crippen LogP contribution is -2.08. The number of ether oxygens (including phenoxy) is 2. The first kappa shape index (κ1) is 17.0. The molecular weight excluding hydrogens is 323 g/mol. The molecule has 0 saturated carbocycles. The van der Waals surface area contributed by atoms with E-state index in [1.54, 1.807) is 25.4 Å². The lowest BCUT2D eigenvalue weighted by Gasteiger charge is -2.08. The molecule has 0 amide bonds. The number of hydrogen-bond donors (Lipinski definition) is 0. The monoisotopic (exact) mass is 342 g/mol. The van der Waals surface area contributed by atoms with Crippen molar-refractivity contribution < 1.29 is 18.7 Å². The van der Waals surface area contributed by atoms with Gasteiger partial charge in [-0.05, 0) is 31.2 Å². The van der Waals surface area contributed by atoms with Gasteiger partial charge in [0.1, 0.15) is 5.82 Å². The molecule has 0 aliphatic carbocycles. The van der Waals surface area contributed by atoms with Crippen LogP contribution in [0.25, 0.3) is 22.0 Å². The lowest BCUT2D eigenvalue weighted by molar-refractivity contribution is -0.140. The number of pyridine rings is 1. The fraction of sp³-hybridized carbons (Fsp3) is 0.263. The number of aryl methyl sites for hydroxylation is 1. The van der Waals surface area contributed by atoms with Gasteiger partial charge in [-0.2, -0.15) is 0 Å². The summed E-state index contributed by atoms with van der Waals surface area (Å²) in [6, 6.07) is 8.33. The second kappa shape index (κ2) is 6.93. The van der Waals surface area contributed by atoms with E-state index in [0.29, 0.717) is 12.4 Å². The van der Waals surface area contributed by atoms with Crippen molar-refractivity contribution >= 4 is 16.9 Å². The van der Waals surface area contributed by atoms with E-state index in [9.17, 15) is 9.18 Å². The van der Waals surface area contributed by atoms with Gasteiger partial charge in [-0.1, -0.05) is 0 Å². The molecule has 0 aliphatic heterocycles. The average Bonchev–Trinajstić information content (AvgIpc) is 2.90. The second-order valence-electron chi connectivity index (χ2n) is 5.69. The third-order valence-corrected chi connectivity index (χ3v) is 4.29. The summed E-state index contributed by atoms with van der Waals surface area (Å²) in [5.41, 5.74) is 3.57. The third kappa shape index (κ3) is 3.20. The number of esters is 1. The molecule has 0 bridgehead atoms. The zero-order chi connectivity index (χ0) is 18.0. The van der Waals surface area contributed by atoms with Crippen LogP contribution < -0.4 is 4.74 Å². The van der Waals surface area contributed by atoms with Crippen LogP contribution in [-0.4, -0.2) is 29.7 Å². The number of benzene rings is 1. The topological polar surface area (TPSA) is 53.4 Å². The highest BCUT2D eigenvalue weighted by molar-refractivity contribution is 5.98. The van der Waals surface area contributed by atoms with Crippen LogP contribution >= 0.6 is 0 Å². The average molecular weight is 342 g/mol. The third-order valence-electron chi connectivity index (χ3n) is 4.29. The molecule has 3 aromatic rings. The largest absolute Gasteiger partial charge is 0.481 e. The number of halogens is 1. The Kier molecular flexibility index (Phi) is 4.70. The predicted molar refractivity (Wildman–Crippen MR) is 93.0 cm³/mol. The molecule has 130 valence electrons. The van der Waals surface area contributed by atoms with Crippen molar-refractivity contribution in [3.05, 3.63) is 48.0 Å². The molecule has 3 rings (SSSR count). The van der Waals surface area contributed by atoms with Gasteiger partial charge in [-0.3, -0.25) is 4.79 Å². The number of rotatable bonds is 5. The zero-order valence-electron chi connectivity index (χ0n) is 14.4. The molecule has 0 saturated heterocycles. The second-order valence-corrected chi connectivity index (χ2v) is 5.69. The lowest BCUT2D eigenvalue weighted by atomic mass is 10.0. The van der Waals surface area contributed by atoms with Crippen molar-refractivity contribution in [1.29, 1.82) is 0 Å². The Morgan fingerprint density at radius 1 is 1.24 bits per heavy atom. The number of aromatic nitrogens is 2. The quantitative estimate of drug-likeness (QED) is 0.663. The number of nitrogens with zero attached hydrogens (tertiary/aromatic N) is 2. The van der Waals surface area contributed by atoms with Crippen LogP contribution in [0, 0.1) is 12.7 Å². The van der Waals surface area contributed by atoms with Gasteiger partial charge in [0.25, 0.3) is 0 Å². The molecular formula is C19H19FN2O3. The van der Waals surface area contributed by atoms with Crippen molar-refractivity contribution in [3.63, 3.8) is 0 Å². The summed E-state index contributed by atoms with van der Waals surface area (Å²) in [6.45, 7) is 2.42. The molecule has 6 heteroatoms. The van der Waals surface area contributed by atoms with Gasteiger partial charge in [0, 0.05) is 46.5 Å². The molecule has 0 radical (unpaired) electrons. The van der Waals surface area contributed by atoms with Crippen molar-refractivity contribution in [3.8, 4) is 17.0 Å². The maximum atomic E-state index is 13.8. The first-order chi connectivity index (χ1) is 12.0. The smallest absolute Gasteiger partial charge is 0.307 e. The van der Waals surface area contributed by atoms with E-state index in [0.717, 1.165) is 27.7 Å². The summed E-state index contributed by atoms with van der Waals surface area (Å²) < 4.78 is 25.7. The van der Waals surface area contributed by atoms with Gasteiger partial charge in [0.15, 0.2) is 0 Å². The standard InChI is InChI=1S/C19H19FN2O3/c1-12-19(13-4-7-17(24-2)21-11-13)15-10-14(20)5-6-16(15)22(12)9-8-18(23)25-3/h4-7,10-11H,8-9H2,1-3H3. The van der Waals surface area contributed by atoms with Crippen LogP contribution in [-0.2, 0) is 16.1 Å². The Bertz CT molecular complexity index is 917. The van der Waals surface area contributed by atoms with E-state index in [2.05, 4.69) is 4.98 Å². The molecule has 2 aromatic heterocycles. The Hall–Kier alpha value is -2.89. The van der Waals surface area contributed by atoms with Gasteiger partial charge in [0.2, 0.25) is 5.88 Å². The van der Waals surface area contributed by atoms with Crippen molar-refractivity contribution in [2.75, 3.05) is 14.2 Å². The Labute approximate surface area is 145 Å². The van der Waals surface area contributed by atoms with Gasteiger partial charge >= 0.3 is 5.97 Å². The van der Waals surface area contributed by atoms with Gasteiger partial charge in [-0.25, -0.2) is 9.37 Å². The summed E-state index contributed by atoms with van der Waals surface area (Å²) >= 11 is 0. The zero-order valence-corrected chi connectivity index (χ0v) is 14.4. The van der Waals surface area contributed by atoms with Gasteiger partial charge in [-0.15, -0.1) is 0 Å². The van der Waals surface area contributed by atoms with Gasteiger partial charge < -0.3 is 14.0 Å². The number of hydrogen-bond acceptors (Lipinski definition) is 4. The fourth-order valence-electron chi connectivity index (χ4n) is 3.06. The van der Waals surface area contributed by atoms with Crippen LogP contribution in [0.3, 0.4) is 0 Å². The fourth-order valence-corrected chi connectivity index (χ4v) is 3.06. The molecule has 0 fully saturated rings. The summed E-state index contributed by atoms with van der Waals surface area (Å²) in [5, 5.41) is 0.786. The first-order valence-corrected chi connectivity index (χ1v) is 7.90. The van der Waals surface area contributed by atoms with E-state index in [-0.39, 0.29) is 18.2 Å². The minimum atomic E-state index is -0.305. The number of methoxy groups -OCH3 is 2. The maximum absolute atomic E-state index is 13.8. The van der Waals surface area contributed by atoms with Crippen LogP contribution in [0.4, 0.5) is 4.39 Å². The highest BCUT2D eigenvalue weighted by atomic mass is 19.1. The van der Waals surface area contributed by atoms with Crippen LogP contribution in [0.5, 0.6) is 5.88 Å². The number of carbonyl (C=O) groups is 1. The molecule has 0 aliphatic rings. The Morgan fingerprint density at radius 3 is 2.68 bits per heavy atom. The molecule has 0 N–H and O–H groups in total. The van der Waals surface area contributed by atoms with E-state index in [4.69, 9.17) is 9.47 Å². The molecule has 0 spiro atoms. The highest BCUT2D eigenvalue weighted by Crippen LogP contribution is 2.35. The number of fused-ring (bicyclic) bond motifs is 1. The van der Waals surface area contributed by atoms with E-state index >= 15 is 0 Å². The Morgan fingerprint density at radius 2 is 2.04 bits per heavy atom. The minimum Gasteiger partial charge on any atom is -0.481 e. The Balaban J connectivity index is 2.14. The first-order valence-electron chi connectivity index (χ1n) is 7.90. The SMILES string of the molecule is COC(=O)CCn1c(C)c(-c2ccc(OC)nc2)c2cc(F)ccc21. The molecule has 1 aromatic carbocycles. The van der Waals surface area contributed by atoms with E-state index < -0.39 is 0 Å².